The molecule has 62 valence electrons. The average molecular weight is 153 g/mol. The molecule has 0 saturated heterocycles. The highest BCUT2D eigenvalue weighted by molar-refractivity contribution is 6.02. The van der Waals surface area contributed by atoms with E-state index in [1.165, 1.54) is 0 Å². The van der Waals surface area contributed by atoms with Crippen LogP contribution < -0.4 is 0 Å². The molecule has 2 nitrogen and oxygen atoms in total. The Hall–Kier alpha value is -0.810. The van der Waals surface area contributed by atoms with Crippen molar-refractivity contribution in [1.82, 2.24) is 4.90 Å². The van der Waals surface area contributed by atoms with Crippen LogP contribution in [0.3, 0.4) is 0 Å². The fourth-order valence-corrected chi connectivity index (χ4v) is 0.835. The Bertz CT molecular complexity index is 190. The number of carbonyl (C=O) groups excluding carboxylic acids is 1. The van der Waals surface area contributed by atoms with Crippen molar-refractivity contribution in [3.8, 4) is 12.3 Å². The van der Waals surface area contributed by atoms with Crippen LogP contribution in [0.25, 0.3) is 0 Å². The number of Topliss-reactive ketones (excluding diaryl/α,β-unsaturated/α-hetero) is 1. The van der Waals surface area contributed by atoms with Crippen LogP contribution in [0, 0.1) is 12.3 Å². The molecule has 0 aromatic rings. The lowest BCUT2D eigenvalue weighted by atomic mass is 9.92. The minimum Gasteiger partial charge on any atom is -0.297 e. The molecule has 1 atom stereocenters. The standard InChI is InChI=1S/C9H15NO/c1-6-8(11)9(3,7-2)10(4)5/h1H,7H2,2-5H3. The van der Waals surface area contributed by atoms with E-state index in [0.717, 1.165) is 6.42 Å². The predicted octanol–water partition coefficient (Wildman–Crippen LogP) is 0.919. The molecule has 0 spiro atoms. The Labute approximate surface area is 68.6 Å². The average Bonchev–Trinajstić information content (AvgIpc) is 2.01. The summed E-state index contributed by atoms with van der Waals surface area (Å²) in [6, 6.07) is 0. The van der Waals surface area contributed by atoms with Crippen LogP contribution in [-0.2, 0) is 4.79 Å². The number of carbonyl (C=O) groups is 1. The third kappa shape index (κ3) is 1.81. The summed E-state index contributed by atoms with van der Waals surface area (Å²) in [6.45, 7) is 3.81. The Morgan fingerprint density at radius 2 is 2.09 bits per heavy atom. The second-order valence-electron chi connectivity index (χ2n) is 3.00. The van der Waals surface area contributed by atoms with Gasteiger partial charge in [0.1, 0.15) is 0 Å². The summed E-state index contributed by atoms with van der Waals surface area (Å²) < 4.78 is 0. The van der Waals surface area contributed by atoms with Crippen molar-refractivity contribution in [2.24, 2.45) is 0 Å². The summed E-state index contributed by atoms with van der Waals surface area (Å²) >= 11 is 0. The molecule has 0 radical (unpaired) electrons. The SMILES string of the molecule is C#CC(=O)C(C)(CC)N(C)C. The van der Waals surface area contributed by atoms with Gasteiger partial charge in [-0.1, -0.05) is 6.92 Å². The molecule has 0 amide bonds. The van der Waals surface area contributed by atoms with E-state index < -0.39 is 5.54 Å². The van der Waals surface area contributed by atoms with Gasteiger partial charge in [-0.3, -0.25) is 9.69 Å². The molecular formula is C9H15NO. The fraction of sp³-hybridized carbons (Fsp3) is 0.667. The summed E-state index contributed by atoms with van der Waals surface area (Å²) in [6.07, 6.45) is 5.78. The molecule has 0 fully saturated rings. The van der Waals surface area contributed by atoms with Gasteiger partial charge < -0.3 is 0 Å². The van der Waals surface area contributed by atoms with Crippen LogP contribution >= 0.6 is 0 Å². The van der Waals surface area contributed by atoms with Gasteiger partial charge >= 0.3 is 0 Å². The normalized spacial score (nSPS) is 15.6. The molecule has 0 bridgehead atoms. The van der Waals surface area contributed by atoms with Gasteiger partial charge in [0.25, 0.3) is 0 Å². The number of rotatable bonds is 3. The summed E-state index contributed by atoms with van der Waals surface area (Å²) in [5.74, 6) is 2.01. The second-order valence-corrected chi connectivity index (χ2v) is 3.00. The zero-order valence-electron chi connectivity index (χ0n) is 7.64. The minimum atomic E-state index is -0.491. The third-order valence-corrected chi connectivity index (χ3v) is 2.30. The van der Waals surface area contributed by atoms with Crippen LogP contribution in [0.4, 0.5) is 0 Å². The van der Waals surface area contributed by atoms with Crippen LogP contribution in [0.15, 0.2) is 0 Å². The number of nitrogens with zero attached hydrogens (tertiary/aromatic N) is 1. The zero-order valence-corrected chi connectivity index (χ0v) is 7.64. The molecule has 11 heavy (non-hydrogen) atoms. The molecule has 0 N–H and O–H groups in total. The number of terminal acetylenes is 1. The highest BCUT2D eigenvalue weighted by atomic mass is 16.1. The summed E-state index contributed by atoms with van der Waals surface area (Å²) in [5.41, 5.74) is -0.491. The van der Waals surface area contributed by atoms with E-state index in [1.807, 2.05) is 32.8 Å². The molecule has 2 heteroatoms. The van der Waals surface area contributed by atoms with Crippen molar-refractivity contribution in [1.29, 1.82) is 0 Å². The maximum Gasteiger partial charge on any atom is 0.225 e. The molecule has 0 saturated carbocycles. The van der Waals surface area contributed by atoms with Crippen molar-refractivity contribution < 1.29 is 4.79 Å². The Kier molecular flexibility index (Phi) is 3.28. The number of hydrogen-bond acceptors (Lipinski definition) is 2. The van der Waals surface area contributed by atoms with Gasteiger partial charge in [0.2, 0.25) is 5.78 Å². The van der Waals surface area contributed by atoms with Gasteiger partial charge in [-0.15, -0.1) is 6.42 Å². The van der Waals surface area contributed by atoms with Crippen molar-refractivity contribution in [3.63, 3.8) is 0 Å². The van der Waals surface area contributed by atoms with Crippen molar-refractivity contribution in [2.45, 2.75) is 25.8 Å². The van der Waals surface area contributed by atoms with Crippen LogP contribution in [0.1, 0.15) is 20.3 Å². The molecule has 0 aliphatic heterocycles. The maximum atomic E-state index is 11.2. The molecule has 0 aliphatic carbocycles. The van der Waals surface area contributed by atoms with Crippen LogP contribution in [-0.4, -0.2) is 30.3 Å². The summed E-state index contributed by atoms with van der Waals surface area (Å²) in [4.78, 5) is 13.1. The number of likely N-dealkylation sites (N-methyl/N-ethyl adjacent to an activating group) is 1. The summed E-state index contributed by atoms with van der Waals surface area (Å²) in [5, 5.41) is 0. The Morgan fingerprint density at radius 3 is 2.18 bits per heavy atom. The van der Waals surface area contributed by atoms with E-state index >= 15 is 0 Å². The molecule has 0 aliphatic rings. The first-order valence-corrected chi connectivity index (χ1v) is 3.67. The highest BCUT2D eigenvalue weighted by Crippen LogP contribution is 2.16. The van der Waals surface area contributed by atoms with Crippen LogP contribution in [0.5, 0.6) is 0 Å². The largest absolute Gasteiger partial charge is 0.297 e. The van der Waals surface area contributed by atoms with E-state index in [-0.39, 0.29) is 5.78 Å². The van der Waals surface area contributed by atoms with E-state index in [4.69, 9.17) is 6.42 Å². The topological polar surface area (TPSA) is 20.3 Å². The van der Waals surface area contributed by atoms with E-state index in [1.54, 1.807) is 0 Å². The molecule has 0 aromatic heterocycles. The van der Waals surface area contributed by atoms with Gasteiger partial charge in [-0.2, -0.15) is 0 Å². The van der Waals surface area contributed by atoms with Gasteiger partial charge in [-0.05, 0) is 33.4 Å². The number of hydrogen-bond donors (Lipinski definition) is 0. The van der Waals surface area contributed by atoms with Crippen molar-refractivity contribution in [2.75, 3.05) is 14.1 Å². The lowest BCUT2D eigenvalue weighted by Crippen LogP contribution is -2.47. The molecule has 0 rings (SSSR count). The first-order valence-electron chi connectivity index (χ1n) is 3.67. The van der Waals surface area contributed by atoms with E-state index in [9.17, 15) is 4.79 Å². The summed E-state index contributed by atoms with van der Waals surface area (Å²) in [7, 11) is 3.72. The van der Waals surface area contributed by atoms with Gasteiger partial charge in [0.05, 0.1) is 5.54 Å². The fourth-order valence-electron chi connectivity index (χ4n) is 0.835. The van der Waals surface area contributed by atoms with Crippen LogP contribution in [0.2, 0.25) is 0 Å². The lowest BCUT2D eigenvalue weighted by molar-refractivity contribution is -0.123. The van der Waals surface area contributed by atoms with Crippen molar-refractivity contribution >= 4 is 5.78 Å². The lowest BCUT2D eigenvalue weighted by Gasteiger charge is -2.31. The molecular weight excluding hydrogens is 138 g/mol. The minimum absolute atomic E-state index is 0.148. The predicted molar refractivity (Wildman–Crippen MR) is 46.2 cm³/mol. The zero-order chi connectivity index (χ0) is 9.07. The monoisotopic (exact) mass is 153 g/mol. The van der Waals surface area contributed by atoms with Gasteiger partial charge in [-0.25, -0.2) is 0 Å². The maximum absolute atomic E-state index is 11.2. The quantitative estimate of drug-likeness (QED) is 0.444. The first-order chi connectivity index (χ1) is 4.99. The molecule has 0 aromatic carbocycles. The Balaban J connectivity index is 4.63. The van der Waals surface area contributed by atoms with Gasteiger partial charge in [0.15, 0.2) is 0 Å². The third-order valence-electron chi connectivity index (χ3n) is 2.30. The second kappa shape index (κ2) is 3.54. The Morgan fingerprint density at radius 1 is 1.64 bits per heavy atom. The highest BCUT2D eigenvalue weighted by Gasteiger charge is 2.31. The van der Waals surface area contributed by atoms with Gasteiger partial charge in [0, 0.05) is 0 Å². The van der Waals surface area contributed by atoms with E-state index in [2.05, 4.69) is 5.92 Å². The molecule has 0 heterocycles. The van der Waals surface area contributed by atoms with Crippen molar-refractivity contribution in [3.05, 3.63) is 0 Å². The number of ketones is 1. The smallest absolute Gasteiger partial charge is 0.225 e. The first kappa shape index (κ1) is 10.2. The van der Waals surface area contributed by atoms with E-state index in [0.29, 0.717) is 0 Å². The molecule has 1 unspecified atom stereocenters.